The fourth-order valence-electron chi connectivity index (χ4n) is 4.19. The molecular weight excluding hydrogens is 447 g/mol. The van der Waals surface area contributed by atoms with Crippen molar-refractivity contribution in [3.8, 4) is 17.3 Å². The van der Waals surface area contributed by atoms with Gasteiger partial charge in [0.2, 0.25) is 5.88 Å². The molecule has 1 aromatic heterocycles. The number of halogens is 1. The molecule has 0 bridgehead atoms. The van der Waals surface area contributed by atoms with Gasteiger partial charge in [0, 0.05) is 19.7 Å². The number of nitrogens with one attached hydrogen (secondary N) is 1. The van der Waals surface area contributed by atoms with Crippen LogP contribution in [0.1, 0.15) is 44.4 Å². The molecule has 0 radical (unpaired) electrons. The second-order valence-corrected chi connectivity index (χ2v) is 8.61. The number of hydrogen-bond acceptors (Lipinski definition) is 4. The summed E-state index contributed by atoms with van der Waals surface area (Å²) in [6, 6.07) is 15.7. The number of carbonyl (C=O) groups is 1. The first-order valence-corrected chi connectivity index (χ1v) is 12.3. The molecule has 35 heavy (non-hydrogen) atoms. The highest BCUT2D eigenvalue weighted by molar-refractivity contribution is 5.74. The van der Waals surface area contributed by atoms with Crippen molar-refractivity contribution in [2.75, 3.05) is 19.7 Å². The van der Waals surface area contributed by atoms with Crippen LogP contribution in [0.25, 0.3) is 5.69 Å². The molecule has 2 amide bonds. The molecule has 8 heteroatoms. The van der Waals surface area contributed by atoms with Gasteiger partial charge in [-0.1, -0.05) is 44.2 Å². The average molecular weight is 481 g/mol. The number of aromatic nitrogens is 2. The zero-order valence-electron chi connectivity index (χ0n) is 20.4. The summed E-state index contributed by atoms with van der Waals surface area (Å²) in [4.78, 5) is 14.9. The molecule has 2 aromatic carbocycles. The first-order valence-electron chi connectivity index (χ1n) is 12.3. The molecule has 186 valence electrons. The van der Waals surface area contributed by atoms with Crippen molar-refractivity contribution < 1.29 is 18.7 Å². The van der Waals surface area contributed by atoms with Crippen LogP contribution >= 0.6 is 0 Å². The molecule has 1 atom stereocenters. The predicted molar refractivity (Wildman–Crippen MR) is 132 cm³/mol. The van der Waals surface area contributed by atoms with Gasteiger partial charge in [-0.15, -0.1) is 0 Å². The lowest BCUT2D eigenvalue weighted by Gasteiger charge is -2.26. The van der Waals surface area contributed by atoms with E-state index in [1.807, 2.05) is 44.2 Å². The van der Waals surface area contributed by atoms with Crippen molar-refractivity contribution in [3.05, 3.63) is 71.7 Å². The third kappa shape index (κ3) is 6.00. The van der Waals surface area contributed by atoms with Crippen molar-refractivity contribution in [2.45, 2.75) is 52.2 Å². The summed E-state index contributed by atoms with van der Waals surface area (Å²) in [5.41, 5.74) is 2.34. The highest BCUT2D eigenvalue weighted by atomic mass is 19.1. The summed E-state index contributed by atoms with van der Waals surface area (Å²) in [6.45, 7) is 6.07. The van der Waals surface area contributed by atoms with Gasteiger partial charge in [0.25, 0.3) is 0 Å². The molecule has 7 nitrogen and oxygen atoms in total. The molecule has 4 rings (SSSR count). The normalized spacial score (nSPS) is 15.2. The van der Waals surface area contributed by atoms with Crippen LogP contribution in [0.3, 0.4) is 0 Å². The summed E-state index contributed by atoms with van der Waals surface area (Å²) in [5.74, 6) is 0.0441. The SMILES string of the molecule is CCCNC(=O)N(Cc1c(CC)nn(-c2ccccc2)c1Oc1ccccc1F)C[C@H]1CCCO1. The number of ether oxygens (including phenoxy) is 2. The van der Waals surface area contributed by atoms with Crippen molar-refractivity contribution in [3.63, 3.8) is 0 Å². The number of carbonyl (C=O) groups excluding carboxylic acids is 1. The Kier molecular flexibility index (Phi) is 8.36. The van der Waals surface area contributed by atoms with E-state index in [-0.39, 0.29) is 24.4 Å². The Hall–Kier alpha value is -3.39. The Morgan fingerprint density at radius 1 is 1.20 bits per heavy atom. The minimum atomic E-state index is -0.464. The molecule has 0 aliphatic carbocycles. The largest absolute Gasteiger partial charge is 0.435 e. The van der Waals surface area contributed by atoms with E-state index in [9.17, 15) is 9.18 Å². The molecule has 0 unspecified atom stereocenters. The molecule has 0 saturated carbocycles. The van der Waals surface area contributed by atoms with E-state index in [0.29, 0.717) is 32.0 Å². The highest BCUT2D eigenvalue weighted by Gasteiger charge is 2.28. The Balaban J connectivity index is 1.75. The van der Waals surface area contributed by atoms with Crippen LogP contribution < -0.4 is 10.1 Å². The molecule has 1 aliphatic heterocycles. The summed E-state index contributed by atoms with van der Waals surface area (Å²) >= 11 is 0. The maximum atomic E-state index is 14.6. The molecule has 3 aromatic rings. The third-order valence-electron chi connectivity index (χ3n) is 6.01. The highest BCUT2D eigenvalue weighted by Crippen LogP contribution is 2.33. The van der Waals surface area contributed by atoms with Gasteiger partial charge >= 0.3 is 6.03 Å². The van der Waals surface area contributed by atoms with E-state index in [4.69, 9.17) is 14.6 Å². The fraction of sp³-hybridized carbons (Fsp3) is 0.407. The van der Waals surface area contributed by atoms with Crippen LogP contribution in [0.15, 0.2) is 54.6 Å². The van der Waals surface area contributed by atoms with Gasteiger partial charge in [-0.25, -0.2) is 13.9 Å². The average Bonchev–Trinajstić information content (AvgIpc) is 3.52. The van der Waals surface area contributed by atoms with E-state index < -0.39 is 5.82 Å². The molecule has 1 saturated heterocycles. The lowest BCUT2D eigenvalue weighted by molar-refractivity contribution is 0.0792. The van der Waals surface area contributed by atoms with Crippen molar-refractivity contribution in [2.24, 2.45) is 0 Å². The minimum Gasteiger partial charge on any atom is -0.435 e. The number of aryl methyl sites for hydroxylation is 1. The van der Waals surface area contributed by atoms with E-state index in [1.54, 1.807) is 27.8 Å². The number of urea groups is 1. The lowest BCUT2D eigenvalue weighted by Crippen LogP contribution is -2.43. The number of rotatable bonds is 10. The van der Waals surface area contributed by atoms with Crippen LogP contribution in [-0.2, 0) is 17.7 Å². The Labute approximate surface area is 205 Å². The molecular formula is C27H33FN4O3. The predicted octanol–water partition coefficient (Wildman–Crippen LogP) is 5.47. The number of para-hydroxylation sites is 2. The van der Waals surface area contributed by atoms with E-state index in [1.165, 1.54) is 6.07 Å². The smallest absolute Gasteiger partial charge is 0.317 e. The quantitative estimate of drug-likeness (QED) is 0.418. The van der Waals surface area contributed by atoms with Gasteiger partial charge in [-0.05, 0) is 49.9 Å². The van der Waals surface area contributed by atoms with E-state index in [0.717, 1.165) is 36.2 Å². The Morgan fingerprint density at radius 2 is 1.97 bits per heavy atom. The van der Waals surface area contributed by atoms with Crippen molar-refractivity contribution >= 4 is 6.03 Å². The van der Waals surface area contributed by atoms with Crippen LogP contribution in [0.2, 0.25) is 0 Å². The number of amides is 2. The molecule has 2 heterocycles. The lowest BCUT2D eigenvalue weighted by atomic mass is 10.1. The first kappa shape index (κ1) is 24.7. The Morgan fingerprint density at radius 3 is 2.66 bits per heavy atom. The third-order valence-corrected chi connectivity index (χ3v) is 6.01. The summed E-state index contributed by atoms with van der Waals surface area (Å²) in [6.07, 6.45) is 3.37. The molecule has 0 spiro atoms. The van der Waals surface area contributed by atoms with Crippen LogP contribution in [0.5, 0.6) is 11.6 Å². The number of benzene rings is 2. The summed E-state index contributed by atoms with van der Waals surface area (Å²) in [7, 11) is 0. The number of nitrogens with zero attached hydrogens (tertiary/aromatic N) is 3. The zero-order chi connectivity index (χ0) is 24.6. The molecule has 1 aliphatic rings. The first-order chi connectivity index (χ1) is 17.1. The minimum absolute atomic E-state index is 0.00689. The topological polar surface area (TPSA) is 68.6 Å². The van der Waals surface area contributed by atoms with Crippen LogP contribution in [-0.4, -0.2) is 46.5 Å². The molecule has 1 N–H and O–H groups in total. The monoisotopic (exact) mass is 480 g/mol. The molecule has 1 fully saturated rings. The number of hydrogen-bond donors (Lipinski definition) is 1. The summed E-state index contributed by atoms with van der Waals surface area (Å²) in [5, 5.41) is 7.79. The van der Waals surface area contributed by atoms with Gasteiger partial charge in [-0.3, -0.25) is 0 Å². The Bertz CT molecular complexity index is 1110. The van der Waals surface area contributed by atoms with Crippen LogP contribution in [0.4, 0.5) is 9.18 Å². The standard InChI is InChI=1S/C27H33FN4O3/c1-3-16-29-27(33)31(18-21-13-10-17-34-21)19-22-24(4-2)30-32(20-11-6-5-7-12-20)26(22)35-25-15-9-8-14-23(25)28/h5-9,11-12,14-15,21H,3-4,10,13,16-19H2,1-2H3,(H,29,33)/t21-/m1/s1. The maximum absolute atomic E-state index is 14.6. The van der Waals surface area contributed by atoms with Crippen molar-refractivity contribution in [1.29, 1.82) is 0 Å². The van der Waals surface area contributed by atoms with Gasteiger partial charge in [0.1, 0.15) is 0 Å². The van der Waals surface area contributed by atoms with Gasteiger partial charge in [-0.2, -0.15) is 5.10 Å². The van der Waals surface area contributed by atoms with Gasteiger partial charge in [0.15, 0.2) is 11.6 Å². The fourth-order valence-corrected chi connectivity index (χ4v) is 4.19. The summed E-state index contributed by atoms with van der Waals surface area (Å²) < 4.78 is 28.3. The second-order valence-electron chi connectivity index (χ2n) is 8.61. The van der Waals surface area contributed by atoms with Crippen molar-refractivity contribution in [1.82, 2.24) is 20.0 Å². The van der Waals surface area contributed by atoms with E-state index in [2.05, 4.69) is 5.32 Å². The van der Waals surface area contributed by atoms with Gasteiger partial charge < -0.3 is 19.7 Å². The van der Waals surface area contributed by atoms with Crippen LogP contribution in [0, 0.1) is 5.82 Å². The second kappa shape index (κ2) is 11.8. The zero-order valence-corrected chi connectivity index (χ0v) is 20.4. The van der Waals surface area contributed by atoms with E-state index >= 15 is 0 Å². The van der Waals surface area contributed by atoms with Gasteiger partial charge in [0.05, 0.1) is 29.6 Å². The maximum Gasteiger partial charge on any atom is 0.317 e.